The summed E-state index contributed by atoms with van der Waals surface area (Å²) in [6.07, 6.45) is 2.90. The molecule has 11 nitrogen and oxygen atoms in total. The molecule has 2 heterocycles. The number of aromatic nitrogens is 4. The molecule has 6 rings (SSSR count). The Bertz CT molecular complexity index is 2060. The molecular formula is C30H28Cl2N8O3S. The maximum absolute atomic E-state index is 13.8. The normalized spacial score (nSPS) is 14.0. The van der Waals surface area contributed by atoms with Crippen LogP contribution in [-0.4, -0.2) is 41.0 Å². The number of anilines is 4. The van der Waals surface area contributed by atoms with Crippen molar-refractivity contribution < 1.29 is 13.2 Å². The van der Waals surface area contributed by atoms with E-state index in [0.717, 1.165) is 22.2 Å². The number of carbonyl (C=O) groups is 1. The van der Waals surface area contributed by atoms with Crippen molar-refractivity contribution in [3.05, 3.63) is 93.6 Å². The zero-order chi connectivity index (χ0) is 31.4. The van der Waals surface area contributed by atoms with Crippen LogP contribution in [0.4, 0.5) is 23.4 Å². The molecule has 0 aliphatic heterocycles. The van der Waals surface area contributed by atoms with Gasteiger partial charge in [-0.2, -0.15) is 4.98 Å². The molecule has 226 valence electrons. The average Bonchev–Trinajstić information content (AvgIpc) is 3.71. The summed E-state index contributed by atoms with van der Waals surface area (Å²) in [5, 5.41) is 14.1. The predicted molar refractivity (Wildman–Crippen MR) is 172 cm³/mol. The second-order valence-electron chi connectivity index (χ2n) is 10.8. The van der Waals surface area contributed by atoms with E-state index in [2.05, 4.69) is 20.6 Å². The minimum Gasteiger partial charge on any atom is -0.324 e. The highest BCUT2D eigenvalue weighted by molar-refractivity contribution is 7.89. The van der Waals surface area contributed by atoms with Crippen molar-refractivity contribution in [2.45, 2.75) is 37.0 Å². The number of halogens is 2. The van der Waals surface area contributed by atoms with Gasteiger partial charge in [0, 0.05) is 25.0 Å². The minimum absolute atomic E-state index is 0.00529. The molecule has 0 bridgehead atoms. The van der Waals surface area contributed by atoms with Gasteiger partial charge in [-0.15, -0.1) is 0 Å². The summed E-state index contributed by atoms with van der Waals surface area (Å²) in [7, 11) is -2.12. The Morgan fingerprint density at radius 1 is 1.00 bits per heavy atom. The molecule has 14 heteroatoms. The molecule has 0 atom stereocenters. The number of nitrogens with two attached hydrogens (primary N) is 1. The lowest BCUT2D eigenvalue weighted by molar-refractivity contribution is -0.118. The van der Waals surface area contributed by atoms with E-state index >= 15 is 0 Å². The number of benzene rings is 3. The summed E-state index contributed by atoms with van der Waals surface area (Å²) in [6, 6.07) is 17.6. The van der Waals surface area contributed by atoms with Crippen LogP contribution in [0.25, 0.3) is 11.0 Å². The van der Waals surface area contributed by atoms with Crippen LogP contribution in [0, 0.1) is 13.8 Å². The monoisotopic (exact) mass is 650 g/mol. The number of nitrogens with zero attached hydrogens (tertiary/aromatic N) is 5. The van der Waals surface area contributed by atoms with Crippen LogP contribution in [0.5, 0.6) is 0 Å². The summed E-state index contributed by atoms with van der Waals surface area (Å²) in [5.74, 6) is 0.815. The summed E-state index contributed by atoms with van der Waals surface area (Å²) in [5.41, 5.74) is 3.45. The smallest absolute Gasteiger partial charge is 0.238 e. The molecule has 44 heavy (non-hydrogen) atoms. The average molecular weight is 652 g/mol. The fourth-order valence-electron chi connectivity index (χ4n) is 5.20. The number of sulfonamides is 1. The maximum Gasteiger partial charge on any atom is 0.238 e. The zero-order valence-corrected chi connectivity index (χ0v) is 26.3. The van der Waals surface area contributed by atoms with Crippen LogP contribution >= 0.6 is 23.2 Å². The molecule has 1 fully saturated rings. The predicted octanol–water partition coefficient (Wildman–Crippen LogP) is 5.71. The van der Waals surface area contributed by atoms with Crippen molar-refractivity contribution in [3.8, 4) is 0 Å². The number of hydrogen-bond acceptors (Lipinski definition) is 8. The van der Waals surface area contributed by atoms with E-state index < -0.39 is 15.4 Å². The van der Waals surface area contributed by atoms with Crippen LogP contribution in [0.2, 0.25) is 10.0 Å². The number of nitrogens with one attached hydrogen (secondary N) is 2. The van der Waals surface area contributed by atoms with Crippen LogP contribution < -0.4 is 20.8 Å². The largest absolute Gasteiger partial charge is 0.324 e. The van der Waals surface area contributed by atoms with Gasteiger partial charge in [-0.25, -0.2) is 28.2 Å². The van der Waals surface area contributed by atoms with Crippen molar-refractivity contribution in [3.63, 3.8) is 0 Å². The molecule has 1 aliphatic rings. The highest BCUT2D eigenvalue weighted by Gasteiger charge is 2.52. The van der Waals surface area contributed by atoms with Crippen molar-refractivity contribution >= 4 is 73.6 Å². The first-order valence-electron chi connectivity index (χ1n) is 13.6. The second-order valence-corrected chi connectivity index (χ2v) is 13.1. The first-order valence-corrected chi connectivity index (χ1v) is 15.9. The Morgan fingerprint density at radius 3 is 2.48 bits per heavy atom. The molecule has 0 saturated heterocycles. The van der Waals surface area contributed by atoms with E-state index in [0.29, 0.717) is 45.9 Å². The number of rotatable bonds is 8. The van der Waals surface area contributed by atoms with Gasteiger partial charge in [0.25, 0.3) is 0 Å². The van der Waals surface area contributed by atoms with Gasteiger partial charge in [-0.1, -0.05) is 47.5 Å². The third kappa shape index (κ3) is 5.45. The van der Waals surface area contributed by atoms with E-state index in [-0.39, 0.29) is 16.8 Å². The molecule has 1 saturated carbocycles. The lowest BCUT2D eigenvalue weighted by Gasteiger charge is -2.24. The van der Waals surface area contributed by atoms with Crippen LogP contribution in [0.15, 0.2) is 71.8 Å². The van der Waals surface area contributed by atoms with E-state index in [1.54, 1.807) is 60.2 Å². The van der Waals surface area contributed by atoms with Gasteiger partial charge >= 0.3 is 0 Å². The zero-order valence-electron chi connectivity index (χ0n) is 24.0. The van der Waals surface area contributed by atoms with Crippen molar-refractivity contribution in [2.75, 3.05) is 22.7 Å². The van der Waals surface area contributed by atoms with Gasteiger partial charge in [0.2, 0.25) is 27.8 Å². The first kappa shape index (κ1) is 29.8. The summed E-state index contributed by atoms with van der Waals surface area (Å²) >= 11 is 12.4. The Morgan fingerprint density at radius 2 is 1.77 bits per heavy atom. The molecule has 1 amide bonds. The van der Waals surface area contributed by atoms with Crippen LogP contribution in [0.3, 0.4) is 0 Å². The number of primary sulfonamides is 1. The van der Waals surface area contributed by atoms with Crippen molar-refractivity contribution in [1.82, 2.24) is 19.6 Å². The number of amides is 1. The maximum atomic E-state index is 13.8. The number of imidazole rings is 1. The lowest BCUT2D eigenvalue weighted by Crippen LogP contribution is -2.33. The highest BCUT2D eigenvalue weighted by Crippen LogP contribution is 2.50. The Labute approximate surface area is 264 Å². The molecule has 5 aromatic rings. The van der Waals surface area contributed by atoms with Gasteiger partial charge < -0.3 is 5.32 Å². The van der Waals surface area contributed by atoms with Crippen LogP contribution in [0.1, 0.15) is 29.5 Å². The van der Waals surface area contributed by atoms with Crippen LogP contribution in [-0.2, 0) is 20.2 Å². The Kier molecular flexibility index (Phi) is 7.49. The SMILES string of the molecule is Cc1ccc(Nc2nccc(N(C)n3c(NC(=O)C4(c5ccc(Cl)c(Cl)c5)CC4)nc4c(C)cccc43)n2)cc1S(N)(=O)=O. The molecule has 4 N–H and O–H groups in total. The number of para-hydroxylation sites is 1. The van der Waals surface area contributed by atoms with E-state index in [1.165, 1.54) is 6.07 Å². The highest BCUT2D eigenvalue weighted by atomic mass is 35.5. The molecule has 1 aliphatic carbocycles. The van der Waals surface area contributed by atoms with Crippen molar-refractivity contribution in [2.24, 2.45) is 5.14 Å². The third-order valence-electron chi connectivity index (χ3n) is 7.77. The molecule has 0 spiro atoms. The number of aryl methyl sites for hydroxylation is 2. The van der Waals surface area contributed by atoms with Crippen molar-refractivity contribution in [1.29, 1.82) is 0 Å². The fourth-order valence-corrected chi connectivity index (χ4v) is 6.31. The molecule has 0 unspecified atom stereocenters. The van der Waals surface area contributed by atoms with Gasteiger partial charge in [0.1, 0.15) is 0 Å². The van der Waals surface area contributed by atoms with Gasteiger partial charge in [0.15, 0.2) is 5.82 Å². The first-order chi connectivity index (χ1) is 20.9. The minimum atomic E-state index is -3.91. The molecule has 3 aromatic carbocycles. The standard InChI is InChI=1S/C30H28Cl2N8O3S/c1-17-7-9-20(16-24(17)44(33,42)43)35-28-34-14-11-25(36-28)39(3)40-23-6-4-5-18(2)26(23)37-29(40)38-27(41)30(12-13-30)19-8-10-21(31)22(32)15-19/h4-11,14-16H,12-13H2,1-3H3,(H2,33,42,43)(H,34,35,36)(H,37,38,41). The Balaban J connectivity index is 1.35. The number of fused-ring (bicyclic) bond motifs is 1. The van der Waals surface area contributed by atoms with Gasteiger partial charge in [0.05, 0.1) is 31.4 Å². The van der Waals surface area contributed by atoms with E-state index in [9.17, 15) is 13.2 Å². The Hall–Kier alpha value is -4.23. The van der Waals surface area contributed by atoms with Gasteiger partial charge in [-0.05, 0) is 73.7 Å². The topological polar surface area (TPSA) is 148 Å². The molecule has 0 radical (unpaired) electrons. The lowest BCUT2D eigenvalue weighted by atomic mass is 9.95. The second kappa shape index (κ2) is 11.0. The third-order valence-corrected chi connectivity index (χ3v) is 9.56. The number of carbonyl (C=O) groups excluding carboxylic acids is 1. The fraction of sp³-hybridized carbons (Fsp3) is 0.200. The van der Waals surface area contributed by atoms with E-state index in [1.807, 2.05) is 31.2 Å². The quantitative estimate of drug-likeness (QED) is 0.193. The molecular weight excluding hydrogens is 623 g/mol. The summed E-state index contributed by atoms with van der Waals surface area (Å²) in [6.45, 7) is 3.62. The summed E-state index contributed by atoms with van der Waals surface area (Å²) in [4.78, 5) is 27.6. The van der Waals surface area contributed by atoms with E-state index in [4.69, 9.17) is 33.3 Å². The molecule has 2 aromatic heterocycles. The number of hydrogen-bond donors (Lipinski definition) is 3. The van der Waals surface area contributed by atoms with Gasteiger partial charge in [-0.3, -0.25) is 15.1 Å². The summed E-state index contributed by atoms with van der Waals surface area (Å²) < 4.78 is 25.8.